The van der Waals surface area contributed by atoms with Gasteiger partial charge in [-0.1, -0.05) is 97.6 Å². The van der Waals surface area contributed by atoms with Crippen LogP contribution in [0.3, 0.4) is 0 Å². The summed E-state index contributed by atoms with van der Waals surface area (Å²) in [5, 5.41) is 7.76. The van der Waals surface area contributed by atoms with Crippen LogP contribution < -0.4 is 9.47 Å². The maximum Gasteiger partial charge on any atom is 0.262 e. The molecule has 7 rings (SSSR count). The van der Waals surface area contributed by atoms with E-state index in [2.05, 4.69) is 138 Å². The molecule has 0 fully saturated rings. The number of hydrogen-bond acceptors (Lipinski definition) is 4. The van der Waals surface area contributed by atoms with Gasteiger partial charge in [-0.2, -0.15) is 4.57 Å². The van der Waals surface area contributed by atoms with E-state index in [-0.39, 0.29) is 0 Å². The molecule has 43 heavy (non-hydrogen) atoms. The molecule has 0 spiro atoms. The zero-order valence-electron chi connectivity index (χ0n) is 24.5. The van der Waals surface area contributed by atoms with Gasteiger partial charge in [-0.3, -0.25) is 4.98 Å². The number of thiazole rings is 1. The average Bonchev–Trinajstić information content (AvgIpc) is 3.60. The van der Waals surface area contributed by atoms with E-state index < -0.39 is 0 Å². The van der Waals surface area contributed by atoms with Crippen molar-refractivity contribution in [2.24, 2.45) is 0 Å². The minimum atomic E-state index is 0.991. The van der Waals surface area contributed by atoms with Crippen molar-refractivity contribution in [1.82, 2.24) is 4.98 Å². The highest BCUT2D eigenvalue weighted by Crippen LogP contribution is 2.49. The Morgan fingerprint density at radius 3 is 2.37 bits per heavy atom. The van der Waals surface area contributed by atoms with Crippen LogP contribution >= 0.6 is 23.1 Å². The Kier molecular flexibility index (Phi) is 7.84. The third kappa shape index (κ3) is 5.28. The fraction of sp³-hybridized carbons (Fsp3) is 0.158. The molecule has 0 aliphatic carbocycles. The van der Waals surface area contributed by atoms with Gasteiger partial charge in [0, 0.05) is 47.8 Å². The van der Waals surface area contributed by atoms with E-state index in [9.17, 15) is 0 Å². The summed E-state index contributed by atoms with van der Waals surface area (Å²) in [6.45, 7) is 6.49. The summed E-state index contributed by atoms with van der Waals surface area (Å²) in [4.78, 5) is 8.12. The summed E-state index contributed by atoms with van der Waals surface area (Å²) in [7, 11) is 0. The molecule has 3 nitrogen and oxygen atoms in total. The van der Waals surface area contributed by atoms with E-state index in [1.165, 1.54) is 52.4 Å². The van der Waals surface area contributed by atoms with Crippen molar-refractivity contribution in [2.45, 2.75) is 38.1 Å². The monoisotopic (exact) mass is 596 g/mol. The normalized spacial score (nSPS) is 14.6. The second-order valence-electron chi connectivity index (χ2n) is 10.8. The van der Waals surface area contributed by atoms with Gasteiger partial charge in [0.15, 0.2) is 0 Å². The predicted molar refractivity (Wildman–Crippen MR) is 187 cm³/mol. The molecule has 4 aromatic carbocycles. The lowest BCUT2D eigenvalue weighted by molar-refractivity contribution is -0.668. The lowest BCUT2D eigenvalue weighted by Gasteiger charge is -2.19. The lowest BCUT2D eigenvalue weighted by atomic mass is 10.1. The van der Waals surface area contributed by atoms with Crippen molar-refractivity contribution in [3.63, 3.8) is 0 Å². The first kappa shape index (κ1) is 27.6. The number of allylic oxidation sites excluding steroid dienone is 4. The van der Waals surface area contributed by atoms with Crippen molar-refractivity contribution in [1.29, 1.82) is 0 Å². The Labute approximate surface area is 261 Å². The topological polar surface area (TPSA) is 20.0 Å². The molecule has 0 saturated heterocycles. The Morgan fingerprint density at radius 2 is 1.58 bits per heavy atom. The third-order valence-corrected chi connectivity index (χ3v) is 10.4. The van der Waals surface area contributed by atoms with Gasteiger partial charge in [-0.25, -0.2) is 0 Å². The van der Waals surface area contributed by atoms with Crippen LogP contribution in [0.1, 0.15) is 37.3 Å². The summed E-state index contributed by atoms with van der Waals surface area (Å²) < 4.78 is 3.83. The fourth-order valence-electron chi connectivity index (χ4n) is 5.93. The van der Waals surface area contributed by atoms with E-state index in [0.29, 0.717) is 0 Å². The number of thioether (sulfide) groups is 1. The zero-order chi connectivity index (χ0) is 29.2. The Hall–Kier alpha value is -4.19. The van der Waals surface area contributed by atoms with Gasteiger partial charge >= 0.3 is 0 Å². The minimum Gasteiger partial charge on any atom is -0.335 e. The number of hydrogen-bond donors (Lipinski definition) is 0. The summed E-state index contributed by atoms with van der Waals surface area (Å²) in [5.41, 5.74) is 4.94. The van der Waals surface area contributed by atoms with Crippen LogP contribution in [-0.2, 0) is 6.54 Å². The van der Waals surface area contributed by atoms with E-state index in [0.717, 1.165) is 37.1 Å². The number of fused-ring (bicyclic) bond motifs is 6. The molecule has 0 unspecified atom stereocenters. The van der Waals surface area contributed by atoms with Gasteiger partial charge < -0.3 is 4.90 Å². The molecule has 212 valence electrons. The molecule has 1 aliphatic rings. The van der Waals surface area contributed by atoms with Crippen LogP contribution in [0.5, 0.6) is 0 Å². The number of benzene rings is 4. The summed E-state index contributed by atoms with van der Waals surface area (Å²) in [5.74, 6) is 0. The van der Waals surface area contributed by atoms with Crippen molar-refractivity contribution >= 4 is 72.2 Å². The molecule has 1 aliphatic heterocycles. The van der Waals surface area contributed by atoms with Gasteiger partial charge in [0.1, 0.15) is 11.2 Å². The molecule has 0 amide bonds. The number of aryl methyl sites for hydroxylation is 1. The molecule has 3 heterocycles. The lowest BCUT2D eigenvalue weighted by Crippen LogP contribution is -2.34. The first-order chi connectivity index (χ1) is 21.2. The molecule has 0 bridgehead atoms. The Balaban J connectivity index is 1.31. The maximum atomic E-state index is 4.29. The van der Waals surface area contributed by atoms with E-state index in [4.69, 9.17) is 0 Å². The van der Waals surface area contributed by atoms with Gasteiger partial charge in [0.2, 0.25) is 5.52 Å². The predicted octanol–water partition coefficient (Wildman–Crippen LogP) is 10.3. The smallest absolute Gasteiger partial charge is 0.262 e. The first-order valence-corrected chi connectivity index (χ1v) is 16.7. The third-order valence-electron chi connectivity index (χ3n) is 7.96. The molecule has 6 aromatic rings. The summed E-state index contributed by atoms with van der Waals surface area (Å²) >= 11 is 3.76. The SMILES string of the molecule is CCCN1/C(=C/C=C(/C=C/c2sc3c4ccccc4ccc3[n+]2CCC)c2ccncc2)Sc2c1ccc1ccccc21. The van der Waals surface area contributed by atoms with Crippen LogP contribution in [0, 0.1) is 0 Å². The molecule has 2 aromatic heterocycles. The molecular weight excluding hydrogens is 563 g/mol. The molecule has 0 saturated carbocycles. The number of anilines is 1. The van der Waals surface area contributed by atoms with Crippen LogP contribution in [0.4, 0.5) is 5.69 Å². The number of pyridine rings is 1. The fourth-order valence-corrected chi connectivity index (χ4v) is 8.38. The van der Waals surface area contributed by atoms with Crippen LogP contribution in [0.15, 0.2) is 125 Å². The zero-order valence-corrected chi connectivity index (χ0v) is 26.2. The van der Waals surface area contributed by atoms with E-state index in [1.807, 2.05) is 35.5 Å². The highest BCUT2D eigenvalue weighted by atomic mass is 32.2. The van der Waals surface area contributed by atoms with Gasteiger partial charge in [0.25, 0.3) is 5.01 Å². The quantitative estimate of drug-likeness (QED) is 0.129. The average molecular weight is 597 g/mol. The second-order valence-corrected chi connectivity index (χ2v) is 12.9. The standard InChI is InChI=1S/C38H34N3S2/c1-3-25-40-33-17-13-29-9-5-7-11-31(29)37(33)42-35(40)19-15-27(28-21-23-39-24-22-28)16-20-36-41(26-4-2)34-18-14-30-10-6-8-12-32(30)38(34)43-36/h5-24H,3-4,25-26H2,1-2H3/q+1. The largest absolute Gasteiger partial charge is 0.335 e. The van der Waals surface area contributed by atoms with Crippen molar-refractivity contribution < 1.29 is 4.57 Å². The molecule has 0 atom stereocenters. The highest BCUT2D eigenvalue weighted by molar-refractivity contribution is 8.04. The number of aromatic nitrogens is 2. The molecule has 5 heteroatoms. The van der Waals surface area contributed by atoms with Gasteiger partial charge in [-0.05, 0) is 70.1 Å². The first-order valence-electron chi connectivity index (χ1n) is 15.1. The number of nitrogens with zero attached hydrogens (tertiary/aromatic N) is 3. The van der Waals surface area contributed by atoms with Crippen molar-refractivity contribution in [3.8, 4) is 0 Å². The summed E-state index contributed by atoms with van der Waals surface area (Å²) in [6.07, 6.45) is 15.1. The summed E-state index contributed by atoms with van der Waals surface area (Å²) in [6, 6.07) is 30.7. The second kappa shape index (κ2) is 12.2. The molecular formula is C38H34N3S2+. The minimum absolute atomic E-state index is 0.991. The van der Waals surface area contributed by atoms with Gasteiger partial charge in [0.05, 0.1) is 10.7 Å². The van der Waals surface area contributed by atoms with Crippen LogP contribution in [0.2, 0.25) is 0 Å². The van der Waals surface area contributed by atoms with Gasteiger partial charge in [-0.15, -0.1) is 0 Å². The van der Waals surface area contributed by atoms with Crippen LogP contribution in [-0.4, -0.2) is 11.5 Å². The highest BCUT2D eigenvalue weighted by Gasteiger charge is 2.26. The Morgan fingerprint density at radius 1 is 0.837 bits per heavy atom. The maximum absolute atomic E-state index is 4.29. The Bertz CT molecular complexity index is 2040. The number of rotatable bonds is 8. The van der Waals surface area contributed by atoms with E-state index >= 15 is 0 Å². The molecule has 0 N–H and O–H groups in total. The van der Waals surface area contributed by atoms with Crippen molar-refractivity contribution in [3.05, 3.63) is 131 Å². The van der Waals surface area contributed by atoms with E-state index in [1.54, 1.807) is 0 Å². The van der Waals surface area contributed by atoms with Crippen LogP contribution in [0.25, 0.3) is 43.4 Å². The molecule has 0 radical (unpaired) electrons. The van der Waals surface area contributed by atoms with Crippen molar-refractivity contribution in [2.75, 3.05) is 11.4 Å².